The number of rotatable bonds is 8. The highest BCUT2D eigenvalue weighted by Crippen LogP contribution is 2.39. The number of benzene rings is 2. The van der Waals surface area contributed by atoms with Crippen molar-refractivity contribution in [1.29, 1.82) is 5.26 Å². The topological polar surface area (TPSA) is 88.4 Å². The van der Waals surface area contributed by atoms with Crippen LogP contribution in [0.3, 0.4) is 0 Å². The van der Waals surface area contributed by atoms with Gasteiger partial charge in [-0.25, -0.2) is 4.79 Å². The van der Waals surface area contributed by atoms with Crippen LogP contribution in [0, 0.1) is 17.2 Å². The van der Waals surface area contributed by atoms with E-state index in [9.17, 15) is 14.9 Å². The first-order valence-electron chi connectivity index (χ1n) is 9.17. The Kier molecular flexibility index (Phi) is 5.95. The zero-order valence-electron chi connectivity index (χ0n) is 15.7. The average Bonchev–Trinajstić information content (AvgIpc) is 3.57. The summed E-state index contributed by atoms with van der Waals surface area (Å²) < 4.78 is 10.9. The summed E-state index contributed by atoms with van der Waals surface area (Å²) in [4.78, 5) is 24.5. The van der Waals surface area contributed by atoms with Crippen LogP contribution in [0.4, 0.5) is 0 Å². The number of nitriles is 1. The number of ether oxygens (including phenoxy) is 2. The van der Waals surface area contributed by atoms with Crippen molar-refractivity contribution >= 4 is 11.9 Å². The third-order valence-electron chi connectivity index (χ3n) is 4.70. The van der Waals surface area contributed by atoms with Crippen molar-refractivity contribution < 1.29 is 19.1 Å². The molecular formula is C22H22N2O4. The molecule has 2 aromatic rings. The molecule has 1 amide bonds. The number of hydrogen-bond acceptors (Lipinski definition) is 5. The fraction of sp³-hybridized carbons (Fsp3) is 0.318. The molecule has 0 saturated heterocycles. The van der Waals surface area contributed by atoms with Crippen LogP contribution in [0.15, 0.2) is 54.6 Å². The quantitative estimate of drug-likeness (QED) is 0.713. The largest absolute Gasteiger partial charge is 0.488 e. The summed E-state index contributed by atoms with van der Waals surface area (Å²) >= 11 is 0. The molecule has 0 aliphatic heterocycles. The van der Waals surface area contributed by atoms with Crippen molar-refractivity contribution in [3.63, 3.8) is 0 Å². The van der Waals surface area contributed by atoms with E-state index in [1.54, 1.807) is 31.2 Å². The number of carbonyl (C=O) groups is 2. The third-order valence-corrected chi connectivity index (χ3v) is 4.70. The standard InChI is InChI=1S/C22H22N2O4/c1-22(15-23,17-11-12-17)24-20(25)14-28-21(26)18-9-5-6-10-19(18)27-13-16-7-3-2-4-8-16/h2-10,17H,11-14H2,1H3,(H,24,25). The average molecular weight is 378 g/mol. The lowest BCUT2D eigenvalue weighted by Crippen LogP contribution is -2.48. The van der Waals surface area contributed by atoms with Crippen molar-refractivity contribution in [2.45, 2.75) is 31.9 Å². The second kappa shape index (κ2) is 8.57. The van der Waals surface area contributed by atoms with Crippen LogP contribution in [0.5, 0.6) is 5.75 Å². The van der Waals surface area contributed by atoms with E-state index in [1.807, 2.05) is 30.3 Å². The van der Waals surface area contributed by atoms with Crippen LogP contribution in [-0.2, 0) is 16.1 Å². The molecule has 0 bridgehead atoms. The van der Waals surface area contributed by atoms with Gasteiger partial charge in [-0.2, -0.15) is 5.26 Å². The van der Waals surface area contributed by atoms with E-state index in [4.69, 9.17) is 9.47 Å². The van der Waals surface area contributed by atoms with Gasteiger partial charge >= 0.3 is 5.97 Å². The Bertz CT molecular complexity index is 887. The highest BCUT2D eigenvalue weighted by molar-refractivity contribution is 5.94. The minimum Gasteiger partial charge on any atom is -0.488 e. The summed E-state index contributed by atoms with van der Waals surface area (Å²) in [5.41, 5.74) is 0.303. The maximum Gasteiger partial charge on any atom is 0.342 e. The maximum absolute atomic E-state index is 12.4. The van der Waals surface area contributed by atoms with E-state index in [2.05, 4.69) is 11.4 Å². The second-order valence-corrected chi connectivity index (χ2v) is 6.98. The van der Waals surface area contributed by atoms with Crippen molar-refractivity contribution in [3.05, 3.63) is 65.7 Å². The minimum absolute atomic E-state index is 0.157. The van der Waals surface area contributed by atoms with Crippen molar-refractivity contribution in [2.24, 2.45) is 5.92 Å². The summed E-state index contributed by atoms with van der Waals surface area (Å²) in [7, 11) is 0. The molecule has 0 aromatic heterocycles. The van der Waals surface area contributed by atoms with Crippen LogP contribution in [0.1, 0.15) is 35.7 Å². The van der Waals surface area contributed by atoms with Gasteiger partial charge in [-0.05, 0) is 43.4 Å². The first kappa shape index (κ1) is 19.4. The zero-order chi connectivity index (χ0) is 20.0. The Morgan fingerprint density at radius 3 is 2.50 bits per heavy atom. The second-order valence-electron chi connectivity index (χ2n) is 6.98. The van der Waals surface area contributed by atoms with Crippen LogP contribution in [-0.4, -0.2) is 24.0 Å². The summed E-state index contributed by atoms with van der Waals surface area (Å²) in [6.45, 7) is 1.56. The highest BCUT2D eigenvalue weighted by Gasteiger charge is 2.43. The number of carbonyl (C=O) groups excluding carboxylic acids is 2. The van der Waals surface area contributed by atoms with E-state index >= 15 is 0 Å². The third kappa shape index (κ3) is 4.89. The van der Waals surface area contributed by atoms with Gasteiger partial charge < -0.3 is 14.8 Å². The molecule has 0 radical (unpaired) electrons. The van der Waals surface area contributed by atoms with Gasteiger partial charge in [-0.1, -0.05) is 42.5 Å². The Balaban J connectivity index is 1.57. The molecule has 0 spiro atoms. The molecule has 6 heteroatoms. The molecule has 1 saturated carbocycles. The Hall–Kier alpha value is -3.33. The Morgan fingerprint density at radius 2 is 1.82 bits per heavy atom. The number of esters is 1. The first-order valence-corrected chi connectivity index (χ1v) is 9.17. The van der Waals surface area contributed by atoms with Gasteiger partial charge in [-0.3, -0.25) is 4.79 Å². The summed E-state index contributed by atoms with van der Waals surface area (Å²) in [5, 5.41) is 12.0. The number of amides is 1. The molecule has 0 heterocycles. The molecule has 144 valence electrons. The predicted octanol–water partition coefficient (Wildman–Crippen LogP) is 3.23. The minimum atomic E-state index is -0.916. The molecule has 28 heavy (non-hydrogen) atoms. The van der Waals surface area contributed by atoms with E-state index in [1.165, 1.54) is 0 Å². The Labute approximate surface area is 164 Å². The molecule has 1 atom stereocenters. The lowest BCUT2D eigenvalue weighted by molar-refractivity contribution is -0.125. The molecular weight excluding hydrogens is 356 g/mol. The van der Waals surface area contributed by atoms with E-state index in [-0.39, 0.29) is 11.5 Å². The summed E-state index contributed by atoms with van der Waals surface area (Å²) in [6, 6.07) is 18.5. The van der Waals surface area contributed by atoms with E-state index < -0.39 is 24.0 Å². The van der Waals surface area contributed by atoms with Gasteiger partial charge in [0.05, 0.1) is 6.07 Å². The molecule has 1 fully saturated rings. The molecule has 2 aromatic carbocycles. The fourth-order valence-corrected chi connectivity index (χ4v) is 2.91. The first-order chi connectivity index (χ1) is 13.5. The Morgan fingerprint density at radius 1 is 1.14 bits per heavy atom. The molecule has 3 rings (SSSR count). The monoisotopic (exact) mass is 378 g/mol. The zero-order valence-corrected chi connectivity index (χ0v) is 15.7. The SMILES string of the molecule is CC(C#N)(NC(=O)COC(=O)c1ccccc1OCc1ccccc1)C1CC1. The lowest BCUT2D eigenvalue weighted by Gasteiger charge is -2.22. The number of nitrogens with zero attached hydrogens (tertiary/aromatic N) is 1. The van der Waals surface area contributed by atoms with Gasteiger partial charge in [0.1, 0.15) is 23.5 Å². The molecule has 1 unspecified atom stereocenters. The smallest absolute Gasteiger partial charge is 0.342 e. The van der Waals surface area contributed by atoms with Crippen molar-refractivity contribution in [2.75, 3.05) is 6.61 Å². The molecule has 1 N–H and O–H groups in total. The lowest BCUT2D eigenvalue weighted by atomic mass is 9.98. The van der Waals surface area contributed by atoms with Crippen LogP contribution in [0.2, 0.25) is 0 Å². The van der Waals surface area contributed by atoms with Gasteiger partial charge in [0, 0.05) is 0 Å². The fourth-order valence-electron chi connectivity index (χ4n) is 2.91. The van der Waals surface area contributed by atoms with Gasteiger partial charge in [0.2, 0.25) is 0 Å². The normalized spacial score (nSPS) is 15.0. The number of hydrogen-bond donors (Lipinski definition) is 1. The van der Waals surface area contributed by atoms with Gasteiger partial charge in [-0.15, -0.1) is 0 Å². The molecule has 6 nitrogen and oxygen atoms in total. The summed E-state index contributed by atoms with van der Waals surface area (Å²) in [6.07, 6.45) is 1.83. The van der Waals surface area contributed by atoms with Crippen LogP contribution in [0.25, 0.3) is 0 Å². The van der Waals surface area contributed by atoms with Crippen molar-refractivity contribution in [1.82, 2.24) is 5.32 Å². The maximum atomic E-state index is 12.4. The number of nitrogens with one attached hydrogen (secondary N) is 1. The van der Waals surface area contributed by atoms with E-state index in [0.29, 0.717) is 12.4 Å². The van der Waals surface area contributed by atoms with Gasteiger partial charge in [0.15, 0.2) is 6.61 Å². The molecule has 1 aliphatic carbocycles. The summed E-state index contributed by atoms with van der Waals surface area (Å²) in [5.74, 6) is -0.600. The predicted molar refractivity (Wildman–Crippen MR) is 102 cm³/mol. The van der Waals surface area contributed by atoms with Gasteiger partial charge in [0.25, 0.3) is 5.91 Å². The number of para-hydroxylation sites is 1. The van der Waals surface area contributed by atoms with Crippen LogP contribution >= 0.6 is 0 Å². The highest BCUT2D eigenvalue weighted by atomic mass is 16.5. The molecule has 1 aliphatic rings. The van der Waals surface area contributed by atoms with Crippen molar-refractivity contribution in [3.8, 4) is 11.8 Å². The van der Waals surface area contributed by atoms with E-state index in [0.717, 1.165) is 18.4 Å². The van der Waals surface area contributed by atoms with Crippen LogP contribution < -0.4 is 10.1 Å².